The molecule has 0 aliphatic heterocycles. The van der Waals surface area contributed by atoms with Gasteiger partial charge in [-0.25, -0.2) is 4.98 Å². The molecular formula is C8H12N4O3. The highest BCUT2D eigenvalue weighted by molar-refractivity contribution is 5.16. The Morgan fingerprint density at radius 1 is 1.47 bits per heavy atom. The fraction of sp³-hybridized carbons (Fsp3) is 0.500. The first kappa shape index (κ1) is 11.3. The van der Waals surface area contributed by atoms with Crippen LogP contribution in [0.25, 0.3) is 0 Å². The minimum Gasteiger partial charge on any atom is -0.474 e. The third-order valence-corrected chi connectivity index (χ3v) is 1.59. The van der Waals surface area contributed by atoms with E-state index in [0.29, 0.717) is 12.5 Å². The monoisotopic (exact) mass is 212 g/mol. The summed E-state index contributed by atoms with van der Waals surface area (Å²) in [7, 11) is 3.84. The van der Waals surface area contributed by atoms with E-state index in [1.54, 1.807) is 0 Å². The summed E-state index contributed by atoms with van der Waals surface area (Å²) in [4.78, 5) is 19.0. The Hall–Kier alpha value is -1.76. The van der Waals surface area contributed by atoms with E-state index in [2.05, 4.69) is 9.97 Å². The summed E-state index contributed by atoms with van der Waals surface area (Å²) in [6, 6.07) is 0. The normalized spacial score (nSPS) is 10.3. The zero-order valence-corrected chi connectivity index (χ0v) is 8.58. The van der Waals surface area contributed by atoms with Crippen LogP contribution in [0.15, 0.2) is 12.4 Å². The number of ether oxygens (including phenoxy) is 1. The van der Waals surface area contributed by atoms with Crippen molar-refractivity contribution in [2.75, 3.05) is 27.2 Å². The van der Waals surface area contributed by atoms with Gasteiger partial charge in [-0.3, -0.25) is 0 Å². The Morgan fingerprint density at radius 2 is 2.20 bits per heavy atom. The van der Waals surface area contributed by atoms with Crippen LogP contribution in [-0.4, -0.2) is 47.0 Å². The predicted molar refractivity (Wildman–Crippen MR) is 52.7 cm³/mol. The van der Waals surface area contributed by atoms with Gasteiger partial charge in [-0.2, -0.15) is 0 Å². The highest BCUT2D eigenvalue weighted by Crippen LogP contribution is 2.08. The summed E-state index contributed by atoms with van der Waals surface area (Å²) >= 11 is 0. The van der Waals surface area contributed by atoms with E-state index >= 15 is 0 Å². The Labute approximate surface area is 86.9 Å². The van der Waals surface area contributed by atoms with Crippen LogP contribution in [0.2, 0.25) is 0 Å². The standard InChI is InChI=1S/C8H12N4O3/c1-11(2)3-4-15-8-6-9-7(5-10-8)12(13)14/h5-6H,3-4H2,1-2H3. The molecule has 0 radical (unpaired) electrons. The van der Waals surface area contributed by atoms with E-state index in [4.69, 9.17) is 4.74 Å². The summed E-state index contributed by atoms with van der Waals surface area (Å²) < 4.78 is 5.21. The SMILES string of the molecule is CN(C)CCOc1cnc([N+](=O)[O-])cn1. The fourth-order valence-electron chi connectivity index (χ4n) is 0.811. The van der Waals surface area contributed by atoms with Crippen LogP contribution in [0.3, 0.4) is 0 Å². The van der Waals surface area contributed by atoms with Gasteiger partial charge in [-0.15, -0.1) is 0 Å². The van der Waals surface area contributed by atoms with Crippen LogP contribution in [0.5, 0.6) is 5.88 Å². The maximum Gasteiger partial charge on any atom is 0.382 e. The van der Waals surface area contributed by atoms with Crippen molar-refractivity contribution >= 4 is 5.82 Å². The Balaban J connectivity index is 2.46. The van der Waals surface area contributed by atoms with Gasteiger partial charge < -0.3 is 19.8 Å². The van der Waals surface area contributed by atoms with Gasteiger partial charge >= 0.3 is 5.82 Å². The van der Waals surface area contributed by atoms with Crippen molar-refractivity contribution in [3.63, 3.8) is 0 Å². The minimum atomic E-state index is -0.601. The topological polar surface area (TPSA) is 81.4 Å². The summed E-state index contributed by atoms with van der Waals surface area (Å²) in [5.74, 6) is 0.0115. The van der Waals surface area contributed by atoms with Crippen LogP contribution in [0.4, 0.5) is 5.82 Å². The molecule has 0 fully saturated rings. The molecule has 0 N–H and O–H groups in total. The van der Waals surface area contributed by atoms with Gasteiger partial charge in [0.1, 0.15) is 12.8 Å². The van der Waals surface area contributed by atoms with Crippen LogP contribution >= 0.6 is 0 Å². The van der Waals surface area contributed by atoms with E-state index in [-0.39, 0.29) is 5.82 Å². The van der Waals surface area contributed by atoms with Crippen molar-refractivity contribution in [3.8, 4) is 5.88 Å². The van der Waals surface area contributed by atoms with E-state index < -0.39 is 4.92 Å². The maximum absolute atomic E-state index is 10.3. The summed E-state index contributed by atoms with van der Waals surface area (Å²) in [5, 5.41) is 10.3. The molecule has 1 heterocycles. The van der Waals surface area contributed by atoms with Gasteiger partial charge in [0, 0.05) is 6.54 Å². The molecule has 1 aromatic rings. The molecule has 0 unspecified atom stereocenters. The molecule has 0 bridgehead atoms. The smallest absolute Gasteiger partial charge is 0.382 e. The Kier molecular flexibility index (Phi) is 3.92. The van der Waals surface area contributed by atoms with E-state index in [1.165, 1.54) is 6.20 Å². The third-order valence-electron chi connectivity index (χ3n) is 1.59. The fourth-order valence-corrected chi connectivity index (χ4v) is 0.811. The molecule has 0 atom stereocenters. The molecule has 7 nitrogen and oxygen atoms in total. The van der Waals surface area contributed by atoms with Gasteiger partial charge in [-0.05, 0) is 24.0 Å². The van der Waals surface area contributed by atoms with Gasteiger partial charge in [0.05, 0.1) is 0 Å². The second-order valence-electron chi connectivity index (χ2n) is 3.12. The van der Waals surface area contributed by atoms with Crippen LogP contribution < -0.4 is 4.74 Å². The maximum atomic E-state index is 10.3. The molecule has 0 aliphatic carbocycles. The van der Waals surface area contributed by atoms with E-state index in [1.807, 2.05) is 19.0 Å². The zero-order valence-electron chi connectivity index (χ0n) is 8.58. The quantitative estimate of drug-likeness (QED) is 0.516. The zero-order chi connectivity index (χ0) is 11.3. The van der Waals surface area contributed by atoms with Crippen molar-refractivity contribution in [2.24, 2.45) is 0 Å². The molecule has 0 aromatic carbocycles. The molecule has 0 amide bonds. The molecule has 1 rings (SSSR count). The lowest BCUT2D eigenvalue weighted by Crippen LogP contribution is -2.19. The predicted octanol–water partition coefficient (Wildman–Crippen LogP) is 0.325. The molecule has 0 saturated heterocycles. The van der Waals surface area contributed by atoms with E-state index in [0.717, 1.165) is 12.7 Å². The van der Waals surface area contributed by atoms with Gasteiger partial charge in [-0.1, -0.05) is 0 Å². The van der Waals surface area contributed by atoms with Crippen molar-refractivity contribution in [2.45, 2.75) is 0 Å². The molecule has 0 spiro atoms. The Bertz CT molecular complexity index is 325. The average Bonchev–Trinajstić information content (AvgIpc) is 2.18. The second-order valence-corrected chi connectivity index (χ2v) is 3.12. The van der Waals surface area contributed by atoms with Crippen LogP contribution in [0.1, 0.15) is 0 Å². The molecule has 7 heteroatoms. The van der Waals surface area contributed by atoms with Crippen molar-refractivity contribution in [1.29, 1.82) is 0 Å². The van der Waals surface area contributed by atoms with Gasteiger partial charge in [0.15, 0.2) is 0 Å². The van der Waals surface area contributed by atoms with Crippen molar-refractivity contribution < 1.29 is 9.66 Å². The first-order valence-electron chi connectivity index (χ1n) is 4.33. The number of aromatic nitrogens is 2. The number of rotatable bonds is 5. The van der Waals surface area contributed by atoms with Crippen LogP contribution in [-0.2, 0) is 0 Å². The summed E-state index contributed by atoms with van der Waals surface area (Å²) in [6.07, 6.45) is 2.32. The van der Waals surface area contributed by atoms with Crippen molar-refractivity contribution in [3.05, 3.63) is 22.5 Å². The lowest BCUT2D eigenvalue weighted by Gasteiger charge is -2.08. The number of hydrogen-bond donors (Lipinski definition) is 0. The first-order valence-corrected chi connectivity index (χ1v) is 4.33. The summed E-state index contributed by atoms with van der Waals surface area (Å²) in [5.41, 5.74) is 0. The second kappa shape index (κ2) is 5.20. The molecule has 0 saturated carbocycles. The lowest BCUT2D eigenvalue weighted by atomic mass is 10.6. The molecule has 15 heavy (non-hydrogen) atoms. The third kappa shape index (κ3) is 3.86. The highest BCUT2D eigenvalue weighted by atomic mass is 16.6. The van der Waals surface area contributed by atoms with Crippen molar-refractivity contribution in [1.82, 2.24) is 14.9 Å². The number of nitro groups is 1. The minimum absolute atomic E-state index is 0.282. The Morgan fingerprint density at radius 3 is 2.67 bits per heavy atom. The molecule has 1 aromatic heterocycles. The summed E-state index contributed by atoms with van der Waals surface area (Å²) in [6.45, 7) is 1.22. The van der Waals surface area contributed by atoms with E-state index in [9.17, 15) is 10.1 Å². The number of likely N-dealkylation sites (N-methyl/N-ethyl adjacent to an activating group) is 1. The van der Waals surface area contributed by atoms with Crippen LogP contribution in [0, 0.1) is 10.1 Å². The van der Waals surface area contributed by atoms with Gasteiger partial charge in [0.2, 0.25) is 6.20 Å². The highest BCUT2D eigenvalue weighted by Gasteiger charge is 2.07. The van der Waals surface area contributed by atoms with Gasteiger partial charge in [0.25, 0.3) is 5.88 Å². The first-order chi connectivity index (χ1) is 7.09. The molecule has 82 valence electrons. The lowest BCUT2D eigenvalue weighted by molar-refractivity contribution is -0.389. The largest absolute Gasteiger partial charge is 0.474 e. The number of nitrogens with zero attached hydrogens (tertiary/aromatic N) is 4. The molecular weight excluding hydrogens is 200 g/mol. The molecule has 0 aliphatic rings. The average molecular weight is 212 g/mol. The number of hydrogen-bond acceptors (Lipinski definition) is 6.